The third kappa shape index (κ3) is 2.73. The fourth-order valence-corrected chi connectivity index (χ4v) is 1.46. The molecule has 8 nitrogen and oxygen atoms in total. The number of rotatable bonds is 5. The van der Waals surface area contributed by atoms with E-state index in [4.69, 9.17) is 14.3 Å². The summed E-state index contributed by atoms with van der Waals surface area (Å²) in [5.74, 6) is -0.589. The fraction of sp³-hybridized carbons (Fsp3) is 0.182. The zero-order valence-electron chi connectivity index (χ0n) is 9.97. The molecule has 3 N–H and O–H groups in total. The molecular weight excluding hydrogens is 254 g/mol. The van der Waals surface area contributed by atoms with Crippen LogP contribution in [-0.4, -0.2) is 28.2 Å². The van der Waals surface area contributed by atoms with E-state index in [0.29, 0.717) is 5.76 Å². The Morgan fingerprint density at radius 3 is 3.00 bits per heavy atom. The summed E-state index contributed by atoms with van der Waals surface area (Å²) >= 11 is 0. The van der Waals surface area contributed by atoms with Gasteiger partial charge in [0, 0.05) is 0 Å². The van der Waals surface area contributed by atoms with Gasteiger partial charge in [-0.05, 0) is 12.1 Å². The van der Waals surface area contributed by atoms with Crippen LogP contribution in [-0.2, 0) is 6.54 Å². The van der Waals surface area contributed by atoms with Crippen LogP contribution in [0.4, 0.5) is 5.82 Å². The van der Waals surface area contributed by atoms with Crippen molar-refractivity contribution in [3.8, 4) is 5.75 Å². The quantitative estimate of drug-likeness (QED) is 0.727. The van der Waals surface area contributed by atoms with Crippen LogP contribution in [0.3, 0.4) is 0 Å². The van der Waals surface area contributed by atoms with Gasteiger partial charge in [-0.3, -0.25) is 4.79 Å². The van der Waals surface area contributed by atoms with Crippen molar-refractivity contribution < 1.29 is 19.1 Å². The Kier molecular flexibility index (Phi) is 3.51. The minimum absolute atomic E-state index is 0.0486. The molecule has 0 fully saturated rings. The lowest BCUT2D eigenvalue weighted by Crippen LogP contribution is -2.13. The smallest absolute Gasteiger partial charge is 0.371 e. The largest absolute Gasteiger partial charge is 0.489 e. The Morgan fingerprint density at radius 2 is 2.37 bits per heavy atom. The molecule has 2 heterocycles. The number of anilines is 1. The van der Waals surface area contributed by atoms with Crippen LogP contribution in [0.5, 0.6) is 5.75 Å². The summed E-state index contributed by atoms with van der Waals surface area (Å²) in [6.45, 7) is 0.181. The summed E-state index contributed by atoms with van der Waals surface area (Å²) in [7, 11) is 1.35. The highest BCUT2D eigenvalue weighted by molar-refractivity contribution is 5.84. The van der Waals surface area contributed by atoms with Gasteiger partial charge in [-0.25, -0.2) is 9.78 Å². The zero-order chi connectivity index (χ0) is 13.8. The molecule has 100 valence electrons. The Bertz CT molecular complexity index is 646. The summed E-state index contributed by atoms with van der Waals surface area (Å²) in [6, 6.07) is 2.87. The first-order chi connectivity index (χ1) is 9.11. The normalized spacial score (nSPS) is 10.2. The molecular formula is C11H11N3O5. The van der Waals surface area contributed by atoms with E-state index in [1.54, 1.807) is 0 Å². The second kappa shape index (κ2) is 5.25. The fourth-order valence-electron chi connectivity index (χ4n) is 1.46. The van der Waals surface area contributed by atoms with Gasteiger partial charge in [0.15, 0.2) is 5.82 Å². The van der Waals surface area contributed by atoms with Crippen molar-refractivity contribution in [3.63, 3.8) is 0 Å². The molecule has 0 bridgehead atoms. The van der Waals surface area contributed by atoms with Crippen LogP contribution >= 0.6 is 0 Å². The molecule has 0 aromatic carbocycles. The summed E-state index contributed by atoms with van der Waals surface area (Å²) in [5, 5.41) is 11.5. The maximum Gasteiger partial charge on any atom is 0.371 e. The lowest BCUT2D eigenvalue weighted by atomic mass is 10.4. The van der Waals surface area contributed by atoms with Gasteiger partial charge in [0.05, 0.1) is 20.0 Å². The van der Waals surface area contributed by atoms with Crippen molar-refractivity contribution in [2.45, 2.75) is 6.54 Å². The second-order valence-electron chi connectivity index (χ2n) is 3.54. The first-order valence-electron chi connectivity index (χ1n) is 5.29. The standard InChI is InChI=1S/C11H11N3O5/c1-18-8-9(13-5-14-10(8)15)12-4-6-2-3-7(19-6)11(16)17/h2-3,5H,4H2,1H3,(H,16,17)(H2,12,13,14,15). The Labute approximate surface area is 107 Å². The number of furan rings is 1. The number of nitrogens with one attached hydrogen (secondary N) is 2. The first-order valence-corrected chi connectivity index (χ1v) is 5.29. The molecule has 2 aromatic rings. The van der Waals surface area contributed by atoms with E-state index in [1.165, 1.54) is 25.6 Å². The number of aromatic amines is 1. The Hall–Kier alpha value is -2.77. The number of carboxylic acid groups (broad SMARTS) is 1. The minimum Gasteiger partial charge on any atom is -0.489 e. The number of carbonyl (C=O) groups is 1. The second-order valence-corrected chi connectivity index (χ2v) is 3.54. The average molecular weight is 265 g/mol. The van der Waals surface area contributed by atoms with Crippen LogP contribution in [0.2, 0.25) is 0 Å². The molecule has 0 aliphatic heterocycles. The van der Waals surface area contributed by atoms with Gasteiger partial charge >= 0.3 is 5.97 Å². The molecule has 19 heavy (non-hydrogen) atoms. The van der Waals surface area contributed by atoms with Crippen molar-refractivity contribution in [3.05, 3.63) is 40.3 Å². The van der Waals surface area contributed by atoms with Crippen LogP contribution < -0.4 is 15.6 Å². The molecule has 0 radical (unpaired) electrons. The molecule has 2 aromatic heterocycles. The summed E-state index contributed by atoms with van der Waals surface area (Å²) in [4.78, 5) is 28.3. The topological polar surface area (TPSA) is 117 Å². The van der Waals surface area contributed by atoms with E-state index in [1.807, 2.05) is 0 Å². The summed E-state index contributed by atoms with van der Waals surface area (Å²) < 4.78 is 9.97. The molecule has 0 spiro atoms. The third-order valence-corrected chi connectivity index (χ3v) is 2.32. The van der Waals surface area contributed by atoms with E-state index in [0.717, 1.165) is 0 Å². The maximum absolute atomic E-state index is 11.4. The first kappa shape index (κ1) is 12.7. The van der Waals surface area contributed by atoms with Crippen LogP contribution in [0.1, 0.15) is 16.3 Å². The van der Waals surface area contributed by atoms with E-state index in [9.17, 15) is 9.59 Å². The van der Waals surface area contributed by atoms with Gasteiger partial charge in [-0.15, -0.1) is 0 Å². The SMILES string of the molecule is COc1c(NCc2ccc(C(=O)O)o2)nc[nH]c1=O. The van der Waals surface area contributed by atoms with E-state index in [-0.39, 0.29) is 23.9 Å². The van der Waals surface area contributed by atoms with E-state index < -0.39 is 11.5 Å². The van der Waals surface area contributed by atoms with E-state index in [2.05, 4.69) is 15.3 Å². The van der Waals surface area contributed by atoms with Gasteiger partial charge < -0.3 is 24.6 Å². The number of hydrogen-bond acceptors (Lipinski definition) is 6. The highest BCUT2D eigenvalue weighted by Crippen LogP contribution is 2.16. The van der Waals surface area contributed by atoms with Crippen molar-refractivity contribution in [2.24, 2.45) is 0 Å². The molecule has 0 saturated heterocycles. The van der Waals surface area contributed by atoms with Crippen LogP contribution in [0, 0.1) is 0 Å². The summed E-state index contributed by atoms with van der Waals surface area (Å²) in [6.07, 6.45) is 1.23. The number of nitrogens with zero attached hydrogens (tertiary/aromatic N) is 1. The summed E-state index contributed by atoms with van der Waals surface area (Å²) in [5.41, 5.74) is -0.411. The number of aromatic nitrogens is 2. The number of aromatic carboxylic acids is 1. The lowest BCUT2D eigenvalue weighted by Gasteiger charge is -2.07. The molecule has 0 saturated carbocycles. The van der Waals surface area contributed by atoms with Gasteiger partial charge in [-0.1, -0.05) is 0 Å². The molecule has 0 unspecified atom stereocenters. The van der Waals surface area contributed by atoms with Gasteiger partial charge in [-0.2, -0.15) is 0 Å². The van der Waals surface area contributed by atoms with Crippen molar-refractivity contribution >= 4 is 11.8 Å². The van der Waals surface area contributed by atoms with Crippen molar-refractivity contribution in [1.29, 1.82) is 0 Å². The molecule has 0 aliphatic carbocycles. The maximum atomic E-state index is 11.4. The zero-order valence-corrected chi connectivity index (χ0v) is 9.97. The average Bonchev–Trinajstić information content (AvgIpc) is 2.85. The van der Waals surface area contributed by atoms with Crippen molar-refractivity contribution in [2.75, 3.05) is 12.4 Å². The highest BCUT2D eigenvalue weighted by Gasteiger charge is 2.11. The molecule has 0 amide bonds. The monoisotopic (exact) mass is 265 g/mol. The van der Waals surface area contributed by atoms with Crippen LogP contribution in [0.15, 0.2) is 27.7 Å². The predicted molar refractivity (Wildman–Crippen MR) is 64.4 cm³/mol. The number of H-pyrrole nitrogens is 1. The van der Waals surface area contributed by atoms with Gasteiger partial charge in [0.2, 0.25) is 11.5 Å². The van der Waals surface area contributed by atoms with Crippen LogP contribution in [0.25, 0.3) is 0 Å². The number of carboxylic acids is 1. The molecule has 0 atom stereocenters. The van der Waals surface area contributed by atoms with Crippen molar-refractivity contribution in [1.82, 2.24) is 9.97 Å². The molecule has 8 heteroatoms. The highest BCUT2D eigenvalue weighted by atomic mass is 16.5. The van der Waals surface area contributed by atoms with Gasteiger partial charge in [0.1, 0.15) is 5.76 Å². The number of hydrogen-bond donors (Lipinski definition) is 3. The number of ether oxygens (including phenoxy) is 1. The van der Waals surface area contributed by atoms with Gasteiger partial charge in [0.25, 0.3) is 5.56 Å². The third-order valence-electron chi connectivity index (χ3n) is 2.32. The van der Waals surface area contributed by atoms with E-state index >= 15 is 0 Å². The Morgan fingerprint density at radius 1 is 1.58 bits per heavy atom. The Balaban J connectivity index is 2.12. The predicted octanol–water partition coefficient (Wildman–Crippen LogP) is 0.682. The molecule has 2 rings (SSSR count). The number of methoxy groups -OCH3 is 1. The molecule has 0 aliphatic rings. The lowest BCUT2D eigenvalue weighted by molar-refractivity contribution is 0.0660. The minimum atomic E-state index is -1.14.